The lowest BCUT2D eigenvalue weighted by Crippen LogP contribution is -2.31. The minimum Gasteiger partial charge on any atom is -0.310 e. The average Bonchev–Trinajstić information content (AvgIpc) is 3.20. The zero-order chi connectivity index (χ0) is 14.8. The van der Waals surface area contributed by atoms with Crippen LogP contribution in [0.4, 0.5) is 0 Å². The molecule has 112 valence electrons. The Kier molecular flexibility index (Phi) is 4.83. The summed E-state index contributed by atoms with van der Waals surface area (Å²) < 4.78 is 26.7. The van der Waals surface area contributed by atoms with Gasteiger partial charge in [0.1, 0.15) is 0 Å². The molecule has 20 heavy (non-hydrogen) atoms. The molecule has 0 atom stereocenters. The summed E-state index contributed by atoms with van der Waals surface area (Å²) in [5.74, 6) is 0.312. The van der Waals surface area contributed by atoms with E-state index in [0.717, 1.165) is 5.56 Å². The Bertz CT molecular complexity index is 551. The minimum absolute atomic E-state index is 0.312. The van der Waals surface area contributed by atoms with E-state index in [4.69, 9.17) is 0 Å². The van der Waals surface area contributed by atoms with E-state index in [0.29, 0.717) is 29.9 Å². The largest absolute Gasteiger partial charge is 0.310 e. The fraction of sp³-hybridized carbons (Fsp3) is 0.600. The van der Waals surface area contributed by atoms with Crippen LogP contribution in [0.3, 0.4) is 0 Å². The highest BCUT2D eigenvalue weighted by Crippen LogP contribution is 2.23. The number of hydrogen-bond acceptors (Lipinski definition) is 3. The SMILES string of the molecule is CC(C)CN(C)S(=O)(=O)c1ccccc1CNC1CC1. The summed E-state index contributed by atoms with van der Waals surface area (Å²) in [5, 5.41) is 3.38. The Morgan fingerprint density at radius 1 is 1.30 bits per heavy atom. The van der Waals surface area contributed by atoms with Gasteiger partial charge >= 0.3 is 0 Å². The number of nitrogens with zero attached hydrogens (tertiary/aromatic N) is 1. The number of rotatable bonds is 7. The molecule has 0 amide bonds. The molecule has 0 spiro atoms. The van der Waals surface area contributed by atoms with E-state index in [1.165, 1.54) is 17.1 Å². The van der Waals surface area contributed by atoms with Crippen molar-refractivity contribution in [3.63, 3.8) is 0 Å². The molecule has 1 N–H and O–H groups in total. The van der Waals surface area contributed by atoms with Crippen LogP contribution in [0.5, 0.6) is 0 Å². The third-order valence-corrected chi connectivity index (χ3v) is 5.37. The summed E-state index contributed by atoms with van der Waals surface area (Å²) >= 11 is 0. The predicted molar refractivity (Wildman–Crippen MR) is 81.0 cm³/mol. The van der Waals surface area contributed by atoms with Gasteiger partial charge in [-0.1, -0.05) is 32.0 Å². The third-order valence-electron chi connectivity index (χ3n) is 3.44. The first-order valence-electron chi connectivity index (χ1n) is 7.19. The predicted octanol–water partition coefficient (Wildman–Crippen LogP) is 2.22. The number of benzene rings is 1. The second-order valence-corrected chi connectivity index (χ2v) is 7.96. The average molecular weight is 296 g/mol. The first-order chi connectivity index (χ1) is 9.41. The topological polar surface area (TPSA) is 49.4 Å². The van der Waals surface area contributed by atoms with Gasteiger partial charge in [0, 0.05) is 26.2 Å². The summed E-state index contributed by atoms with van der Waals surface area (Å²) in [5.41, 5.74) is 0.856. The zero-order valence-electron chi connectivity index (χ0n) is 12.5. The van der Waals surface area contributed by atoms with Gasteiger partial charge in [0.15, 0.2) is 0 Å². The van der Waals surface area contributed by atoms with Crippen LogP contribution in [-0.4, -0.2) is 32.4 Å². The lowest BCUT2D eigenvalue weighted by Gasteiger charge is -2.21. The number of nitrogens with one attached hydrogen (secondary N) is 1. The Morgan fingerprint density at radius 3 is 2.55 bits per heavy atom. The molecule has 0 aromatic heterocycles. The normalized spacial score (nSPS) is 16.1. The van der Waals surface area contributed by atoms with Crippen LogP contribution < -0.4 is 5.32 Å². The van der Waals surface area contributed by atoms with Gasteiger partial charge in [-0.15, -0.1) is 0 Å². The Hall–Kier alpha value is -0.910. The van der Waals surface area contributed by atoms with Crippen molar-refractivity contribution >= 4 is 10.0 Å². The fourth-order valence-electron chi connectivity index (χ4n) is 2.22. The quantitative estimate of drug-likeness (QED) is 0.839. The first-order valence-corrected chi connectivity index (χ1v) is 8.63. The van der Waals surface area contributed by atoms with Gasteiger partial charge in [0.05, 0.1) is 4.90 Å². The Balaban J connectivity index is 2.20. The standard InChI is InChI=1S/C15H24N2O2S/c1-12(2)11-17(3)20(18,19)15-7-5-4-6-13(15)10-16-14-8-9-14/h4-7,12,14,16H,8-11H2,1-3H3. The third kappa shape index (κ3) is 3.81. The number of sulfonamides is 1. The van der Waals surface area contributed by atoms with E-state index in [1.54, 1.807) is 19.2 Å². The molecule has 1 fully saturated rings. The second kappa shape index (κ2) is 6.24. The van der Waals surface area contributed by atoms with Gasteiger partial charge in [-0.05, 0) is 30.4 Å². The van der Waals surface area contributed by atoms with E-state index in [1.807, 2.05) is 26.0 Å². The maximum absolute atomic E-state index is 12.6. The molecule has 0 unspecified atom stereocenters. The van der Waals surface area contributed by atoms with Crippen LogP contribution >= 0.6 is 0 Å². The molecular weight excluding hydrogens is 272 g/mol. The maximum atomic E-state index is 12.6. The molecule has 0 radical (unpaired) electrons. The molecule has 0 heterocycles. The zero-order valence-corrected chi connectivity index (χ0v) is 13.3. The van der Waals surface area contributed by atoms with Gasteiger partial charge < -0.3 is 5.32 Å². The van der Waals surface area contributed by atoms with Gasteiger partial charge in [0.25, 0.3) is 0 Å². The van der Waals surface area contributed by atoms with Gasteiger partial charge in [-0.2, -0.15) is 0 Å². The minimum atomic E-state index is -3.40. The summed E-state index contributed by atoms with van der Waals surface area (Å²) in [7, 11) is -1.75. The van der Waals surface area contributed by atoms with E-state index < -0.39 is 10.0 Å². The highest BCUT2D eigenvalue weighted by Gasteiger charge is 2.25. The van der Waals surface area contributed by atoms with Gasteiger partial charge in [-0.3, -0.25) is 0 Å². The van der Waals surface area contributed by atoms with Crippen LogP contribution in [0.25, 0.3) is 0 Å². The summed E-state index contributed by atoms with van der Waals surface area (Å²) in [6.07, 6.45) is 2.39. The highest BCUT2D eigenvalue weighted by atomic mass is 32.2. The van der Waals surface area contributed by atoms with Crippen molar-refractivity contribution in [2.45, 2.75) is 44.2 Å². The van der Waals surface area contributed by atoms with Crippen molar-refractivity contribution in [3.8, 4) is 0 Å². The van der Waals surface area contributed by atoms with E-state index >= 15 is 0 Å². The monoisotopic (exact) mass is 296 g/mol. The van der Waals surface area contributed by atoms with Crippen LogP contribution in [0.2, 0.25) is 0 Å². The molecule has 0 saturated heterocycles. The summed E-state index contributed by atoms with van der Waals surface area (Å²) in [6.45, 7) is 5.20. The van der Waals surface area contributed by atoms with Crippen LogP contribution in [0.1, 0.15) is 32.3 Å². The molecule has 0 aliphatic heterocycles. The van der Waals surface area contributed by atoms with E-state index in [9.17, 15) is 8.42 Å². The molecule has 1 saturated carbocycles. The molecule has 4 nitrogen and oxygen atoms in total. The first kappa shape index (κ1) is 15.5. The van der Waals surface area contributed by atoms with Crippen molar-refractivity contribution in [1.29, 1.82) is 0 Å². The summed E-state index contributed by atoms with van der Waals surface area (Å²) in [4.78, 5) is 0.427. The van der Waals surface area contributed by atoms with Crippen LogP contribution in [-0.2, 0) is 16.6 Å². The highest BCUT2D eigenvalue weighted by molar-refractivity contribution is 7.89. The maximum Gasteiger partial charge on any atom is 0.243 e. The van der Waals surface area contributed by atoms with Crippen molar-refractivity contribution in [3.05, 3.63) is 29.8 Å². The fourth-order valence-corrected chi connectivity index (χ4v) is 3.78. The van der Waals surface area contributed by atoms with E-state index in [2.05, 4.69) is 5.32 Å². The Labute approximate surface area is 122 Å². The molecule has 1 aliphatic rings. The second-order valence-electron chi connectivity index (χ2n) is 5.94. The van der Waals surface area contributed by atoms with Gasteiger partial charge in [0.2, 0.25) is 10.0 Å². The molecule has 1 aromatic rings. The van der Waals surface area contributed by atoms with Crippen molar-refractivity contribution < 1.29 is 8.42 Å². The van der Waals surface area contributed by atoms with E-state index in [-0.39, 0.29) is 0 Å². The molecular formula is C15H24N2O2S. The summed E-state index contributed by atoms with van der Waals surface area (Å²) in [6, 6.07) is 7.85. The molecule has 0 bridgehead atoms. The van der Waals surface area contributed by atoms with Crippen molar-refractivity contribution in [2.24, 2.45) is 5.92 Å². The van der Waals surface area contributed by atoms with Crippen molar-refractivity contribution in [1.82, 2.24) is 9.62 Å². The molecule has 5 heteroatoms. The lowest BCUT2D eigenvalue weighted by molar-refractivity contribution is 0.416. The van der Waals surface area contributed by atoms with Crippen molar-refractivity contribution in [2.75, 3.05) is 13.6 Å². The number of hydrogen-bond donors (Lipinski definition) is 1. The Morgan fingerprint density at radius 2 is 1.95 bits per heavy atom. The van der Waals surface area contributed by atoms with Crippen LogP contribution in [0.15, 0.2) is 29.2 Å². The molecule has 1 aliphatic carbocycles. The molecule has 2 rings (SSSR count). The van der Waals surface area contributed by atoms with Gasteiger partial charge in [-0.25, -0.2) is 12.7 Å². The molecule has 1 aromatic carbocycles. The smallest absolute Gasteiger partial charge is 0.243 e. The van der Waals surface area contributed by atoms with Crippen LogP contribution in [0, 0.1) is 5.92 Å². The lowest BCUT2D eigenvalue weighted by atomic mass is 10.2.